The van der Waals surface area contributed by atoms with Crippen molar-refractivity contribution in [1.82, 2.24) is 4.98 Å². The van der Waals surface area contributed by atoms with E-state index in [1.165, 1.54) is 7.11 Å². The van der Waals surface area contributed by atoms with Gasteiger partial charge in [-0.15, -0.1) is 0 Å². The molecule has 0 aromatic carbocycles. The summed E-state index contributed by atoms with van der Waals surface area (Å²) in [6.07, 6.45) is 2.30. The largest absolute Gasteiger partial charge is 0.469 e. The Kier molecular flexibility index (Phi) is 3.45. The molecule has 0 aliphatic carbocycles. The van der Waals surface area contributed by atoms with Crippen molar-refractivity contribution in [1.29, 1.82) is 0 Å². The van der Waals surface area contributed by atoms with E-state index in [0.29, 0.717) is 12.2 Å². The van der Waals surface area contributed by atoms with Crippen LogP contribution in [0.25, 0.3) is 0 Å². The molecule has 0 saturated heterocycles. The van der Waals surface area contributed by atoms with E-state index in [9.17, 15) is 4.79 Å². The van der Waals surface area contributed by atoms with Gasteiger partial charge in [-0.1, -0.05) is 13.0 Å². The Hall–Kier alpha value is -1.58. The summed E-state index contributed by atoms with van der Waals surface area (Å²) in [6.45, 7) is 1.82. The fourth-order valence-electron chi connectivity index (χ4n) is 1.19. The minimum atomic E-state index is -0.207. The maximum absolute atomic E-state index is 11.1. The lowest BCUT2D eigenvalue weighted by Gasteiger charge is -2.08. The van der Waals surface area contributed by atoms with Gasteiger partial charge in [0.1, 0.15) is 5.82 Å². The second-order valence-electron chi connectivity index (χ2n) is 3.22. The summed E-state index contributed by atoms with van der Waals surface area (Å²) < 4.78 is 4.62. The highest BCUT2D eigenvalue weighted by Gasteiger charge is 2.13. The van der Waals surface area contributed by atoms with E-state index < -0.39 is 0 Å². The molecular formula is C10H14N2O2. The van der Waals surface area contributed by atoms with Gasteiger partial charge in [0.15, 0.2) is 0 Å². The van der Waals surface area contributed by atoms with E-state index in [2.05, 4.69) is 9.72 Å². The van der Waals surface area contributed by atoms with Gasteiger partial charge in [0.25, 0.3) is 0 Å². The molecule has 0 radical (unpaired) electrons. The van der Waals surface area contributed by atoms with Crippen molar-refractivity contribution in [3.8, 4) is 0 Å². The van der Waals surface area contributed by atoms with E-state index in [0.717, 1.165) is 5.56 Å². The van der Waals surface area contributed by atoms with Gasteiger partial charge in [-0.25, -0.2) is 4.98 Å². The normalized spacial score (nSPS) is 12.1. The zero-order valence-corrected chi connectivity index (χ0v) is 8.36. The number of pyridine rings is 1. The van der Waals surface area contributed by atoms with Gasteiger partial charge in [-0.05, 0) is 18.1 Å². The summed E-state index contributed by atoms with van der Waals surface area (Å²) in [5, 5.41) is 0. The topological polar surface area (TPSA) is 65.2 Å². The number of anilines is 1. The molecule has 14 heavy (non-hydrogen) atoms. The number of carbonyl (C=O) groups excluding carboxylic acids is 1. The highest BCUT2D eigenvalue weighted by Crippen LogP contribution is 2.09. The predicted molar refractivity (Wildman–Crippen MR) is 53.5 cm³/mol. The van der Waals surface area contributed by atoms with E-state index in [1.54, 1.807) is 12.3 Å². The van der Waals surface area contributed by atoms with Crippen molar-refractivity contribution in [2.75, 3.05) is 12.8 Å². The zero-order chi connectivity index (χ0) is 10.6. The van der Waals surface area contributed by atoms with Crippen LogP contribution in [0.15, 0.2) is 18.3 Å². The van der Waals surface area contributed by atoms with Gasteiger partial charge in [-0.3, -0.25) is 4.79 Å². The standard InChI is InChI=1S/C10H14N2O2/c1-7(10(13)14-2)5-8-3-4-9(11)12-6-8/h3-4,6-7H,5H2,1-2H3,(H2,11,12)/t7-/m0/s1. The number of nitrogens with zero attached hydrogens (tertiary/aromatic N) is 1. The van der Waals surface area contributed by atoms with Crippen molar-refractivity contribution in [2.45, 2.75) is 13.3 Å². The Morgan fingerprint density at radius 3 is 2.86 bits per heavy atom. The van der Waals surface area contributed by atoms with Crippen LogP contribution in [0.2, 0.25) is 0 Å². The van der Waals surface area contributed by atoms with Gasteiger partial charge in [0, 0.05) is 6.20 Å². The molecule has 1 atom stereocenters. The van der Waals surface area contributed by atoms with E-state index in [-0.39, 0.29) is 11.9 Å². The number of hydrogen-bond donors (Lipinski definition) is 1. The maximum Gasteiger partial charge on any atom is 0.308 e. The van der Waals surface area contributed by atoms with Crippen molar-refractivity contribution >= 4 is 11.8 Å². The van der Waals surface area contributed by atoms with Crippen molar-refractivity contribution < 1.29 is 9.53 Å². The average Bonchev–Trinajstić information content (AvgIpc) is 2.20. The van der Waals surface area contributed by atoms with Crippen molar-refractivity contribution in [3.63, 3.8) is 0 Å². The quantitative estimate of drug-likeness (QED) is 0.729. The number of aromatic nitrogens is 1. The van der Waals surface area contributed by atoms with Gasteiger partial charge < -0.3 is 10.5 Å². The molecule has 4 heteroatoms. The molecule has 1 aromatic heterocycles. The number of hydrogen-bond acceptors (Lipinski definition) is 4. The molecular weight excluding hydrogens is 180 g/mol. The minimum absolute atomic E-state index is 0.148. The highest BCUT2D eigenvalue weighted by atomic mass is 16.5. The number of ether oxygens (including phenoxy) is 1. The molecule has 0 unspecified atom stereocenters. The number of nitrogen functional groups attached to an aromatic ring is 1. The first-order valence-electron chi connectivity index (χ1n) is 4.41. The Morgan fingerprint density at radius 1 is 1.64 bits per heavy atom. The number of nitrogens with two attached hydrogens (primary N) is 1. The summed E-state index contributed by atoms with van der Waals surface area (Å²) in [4.78, 5) is 15.1. The highest BCUT2D eigenvalue weighted by molar-refractivity contribution is 5.72. The van der Waals surface area contributed by atoms with Gasteiger partial charge in [-0.2, -0.15) is 0 Å². The van der Waals surface area contributed by atoms with Gasteiger partial charge >= 0.3 is 5.97 Å². The second-order valence-corrected chi connectivity index (χ2v) is 3.22. The summed E-state index contributed by atoms with van der Waals surface area (Å²) in [7, 11) is 1.39. The molecule has 1 rings (SSSR count). The fraction of sp³-hybridized carbons (Fsp3) is 0.400. The Balaban J connectivity index is 2.60. The first kappa shape index (κ1) is 10.5. The van der Waals surface area contributed by atoms with Crippen LogP contribution in [0, 0.1) is 5.92 Å². The summed E-state index contributed by atoms with van der Waals surface area (Å²) in [5.41, 5.74) is 6.42. The third-order valence-electron chi connectivity index (χ3n) is 1.99. The van der Waals surface area contributed by atoms with E-state index in [1.807, 2.05) is 13.0 Å². The minimum Gasteiger partial charge on any atom is -0.469 e. The molecule has 0 aliphatic rings. The van der Waals surface area contributed by atoms with Crippen LogP contribution >= 0.6 is 0 Å². The van der Waals surface area contributed by atoms with Gasteiger partial charge in [0.05, 0.1) is 13.0 Å². The maximum atomic E-state index is 11.1. The third kappa shape index (κ3) is 2.73. The fourth-order valence-corrected chi connectivity index (χ4v) is 1.19. The van der Waals surface area contributed by atoms with Crippen LogP contribution in [0.1, 0.15) is 12.5 Å². The molecule has 0 spiro atoms. The van der Waals surface area contributed by atoms with Gasteiger partial charge in [0.2, 0.25) is 0 Å². The van der Waals surface area contributed by atoms with E-state index in [4.69, 9.17) is 5.73 Å². The number of esters is 1. The molecule has 4 nitrogen and oxygen atoms in total. The van der Waals surface area contributed by atoms with E-state index >= 15 is 0 Å². The Labute approximate surface area is 83.1 Å². The lowest BCUT2D eigenvalue weighted by Crippen LogP contribution is -2.15. The molecule has 1 heterocycles. The first-order valence-corrected chi connectivity index (χ1v) is 4.41. The number of rotatable bonds is 3. The van der Waals surface area contributed by atoms with Crippen molar-refractivity contribution in [3.05, 3.63) is 23.9 Å². The number of carbonyl (C=O) groups is 1. The third-order valence-corrected chi connectivity index (χ3v) is 1.99. The number of methoxy groups -OCH3 is 1. The summed E-state index contributed by atoms with van der Waals surface area (Å²) in [6, 6.07) is 3.58. The van der Waals surface area contributed by atoms with Crippen LogP contribution in [0.5, 0.6) is 0 Å². The van der Waals surface area contributed by atoms with Crippen LogP contribution in [-0.4, -0.2) is 18.1 Å². The molecule has 0 saturated carbocycles. The molecule has 1 aromatic rings. The lowest BCUT2D eigenvalue weighted by molar-refractivity contribution is -0.144. The van der Waals surface area contributed by atoms with Crippen LogP contribution < -0.4 is 5.73 Å². The second kappa shape index (κ2) is 4.60. The van der Waals surface area contributed by atoms with Crippen LogP contribution in [-0.2, 0) is 16.0 Å². The summed E-state index contributed by atoms with van der Waals surface area (Å²) >= 11 is 0. The molecule has 0 fully saturated rings. The summed E-state index contributed by atoms with van der Waals surface area (Å²) in [5.74, 6) is 0.131. The van der Waals surface area contributed by atoms with Crippen LogP contribution in [0.3, 0.4) is 0 Å². The molecule has 0 bridgehead atoms. The lowest BCUT2D eigenvalue weighted by atomic mass is 10.0. The average molecular weight is 194 g/mol. The van der Waals surface area contributed by atoms with Crippen LogP contribution in [0.4, 0.5) is 5.82 Å². The predicted octanol–water partition coefficient (Wildman–Crippen LogP) is 1.02. The Morgan fingerprint density at radius 2 is 2.36 bits per heavy atom. The monoisotopic (exact) mass is 194 g/mol. The zero-order valence-electron chi connectivity index (χ0n) is 8.36. The smallest absolute Gasteiger partial charge is 0.308 e. The Bertz CT molecular complexity index is 308. The molecule has 76 valence electrons. The van der Waals surface area contributed by atoms with Crippen molar-refractivity contribution in [2.24, 2.45) is 5.92 Å². The molecule has 2 N–H and O–H groups in total. The SMILES string of the molecule is COC(=O)[C@@H](C)Cc1ccc(N)nc1. The first-order chi connectivity index (χ1) is 6.63. The molecule has 0 aliphatic heterocycles. The molecule has 0 amide bonds.